The molecule has 4 rings (SSSR count). The Balaban J connectivity index is 2.05. The van der Waals surface area contributed by atoms with Gasteiger partial charge < -0.3 is 9.47 Å². The molecule has 0 saturated carbocycles. The molecular weight excluding hydrogens is 410 g/mol. The van der Waals surface area contributed by atoms with Crippen molar-refractivity contribution < 1.29 is 22.4 Å². The zero-order chi connectivity index (χ0) is 22.3. The second-order valence-corrected chi connectivity index (χ2v) is 7.04. The van der Waals surface area contributed by atoms with Gasteiger partial charge in [-0.15, -0.1) is 0 Å². The number of amides is 1. The molecule has 3 aromatic carbocycles. The fraction of sp³-hybridized carbons (Fsp3) is 0.130. The smallest absolute Gasteiger partial charge is 0.223 e. The maximum absolute atomic E-state index is 14.6. The number of imidazole rings is 1. The van der Waals surface area contributed by atoms with E-state index in [1.54, 1.807) is 18.2 Å². The average Bonchev–Trinajstić information content (AvgIpc) is 3.08. The number of carbonyl (C=O) groups excluding carboxylic acids is 1. The number of rotatable bonds is 4. The van der Waals surface area contributed by atoms with Gasteiger partial charge in [0.25, 0.3) is 0 Å². The molecule has 0 saturated heterocycles. The number of aromatic nitrogens is 2. The summed E-state index contributed by atoms with van der Waals surface area (Å²) in [7, 11) is 1.54. The van der Waals surface area contributed by atoms with Crippen LogP contribution in [0.4, 0.5) is 23.2 Å². The lowest BCUT2D eigenvalue weighted by Crippen LogP contribution is -2.23. The summed E-state index contributed by atoms with van der Waals surface area (Å²) in [6, 6.07) is 11.7. The van der Waals surface area contributed by atoms with E-state index in [0.717, 1.165) is 24.3 Å². The molecule has 1 aromatic heterocycles. The van der Waals surface area contributed by atoms with Crippen molar-refractivity contribution in [3.8, 4) is 11.4 Å². The second kappa shape index (κ2) is 7.86. The van der Waals surface area contributed by atoms with Crippen molar-refractivity contribution in [1.82, 2.24) is 9.55 Å². The number of anilines is 1. The largest absolute Gasteiger partial charge is 0.319 e. The lowest BCUT2D eigenvalue weighted by Gasteiger charge is -2.15. The van der Waals surface area contributed by atoms with Crippen LogP contribution in [0.3, 0.4) is 0 Å². The molecule has 0 spiro atoms. The van der Waals surface area contributed by atoms with Crippen LogP contribution >= 0.6 is 0 Å². The summed E-state index contributed by atoms with van der Waals surface area (Å²) in [5, 5.41) is 0. The van der Waals surface area contributed by atoms with Gasteiger partial charge in [-0.1, -0.05) is 18.2 Å². The Morgan fingerprint density at radius 2 is 1.45 bits per heavy atom. The minimum Gasteiger partial charge on any atom is -0.319 e. The standard InChI is InChI=1S/C23H17F4N3O/c1-13(31)29(2)19-10-5-11-20-22(19)28-23(21-17(26)8-4-9-18(21)27)30(20)12-14-15(24)6-3-7-16(14)25/h3-11H,12H2,1-2H3. The van der Waals surface area contributed by atoms with Crippen molar-refractivity contribution in [3.63, 3.8) is 0 Å². The molecule has 31 heavy (non-hydrogen) atoms. The van der Waals surface area contributed by atoms with Gasteiger partial charge in [0.2, 0.25) is 5.91 Å². The zero-order valence-corrected chi connectivity index (χ0v) is 16.7. The number of fused-ring (bicyclic) bond motifs is 1. The Morgan fingerprint density at radius 3 is 2.03 bits per heavy atom. The van der Waals surface area contributed by atoms with E-state index in [1.807, 2.05) is 0 Å². The Kier molecular flexibility index (Phi) is 5.22. The molecule has 0 fully saturated rings. The molecule has 0 aliphatic heterocycles. The molecule has 8 heteroatoms. The first-order valence-corrected chi connectivity index (χ1v) is 9.40. The topological polar surface area (TPSA) is 38.1 Å². The van der Waals surface area contributed by atoms with Crippen molar-refractivity contribution in [2.75, 3.05) is 11.9 Å². The van der Waals surface area contributed by atoms with Gasteiger partial charge in [-0.05, 0) is 36.4 Å². The van der Waals surface area contributed by atoms with E-state index in [9.17, 15) is 22.4 Å². The van der Waals surface area contributed by atoms with Gasteiger partial charge in [-0.25, -0.2) is 22.5 Å². The van der Waals surface area contributed by atoms with E-state index in [2.05, 4.69) is 4.98 Å². The van der Waals surface area contributed by atoms with Gasteiger partial charge >= 0.3 is 0 Å². The third-order valence-electron chi connectivity index (χ3n) is 5.16. The summed E-state index contributed by atoms with van der Waals surface area (Å²) in [5.41, 5.74) is 0.341. The van der Waals surface area contributed by atoms with E-state index in [0.29, 0.717) is 11.2 Å². The van der Waals surface area contributed by atoms with Gasteiger partial charge in [0, 0.05) is 19.5 Å². The van der Waals surface area contributed by atoms with E-state index < -0.39 is 28.8 Å². The summed E-state index contributed by atoms with van der Waals surface area (Å²) in [5.74, 6) is -3.74. The van der Waals surface area contributed by atoms with Gasteiger partial charge in [-0.3, -0.25) is 4.79 Å². The molecule has 0 unspecified atom stereocenters. The molecule has 4 nitrogen and oxygen atoms in total. The monoisotopic (exact) mass is 427 g/mol. The SMILES string of the molecule is CC(=O)N(C)c1cccc2c1nc(-c1c(F)cccc1F)n2Cc1c(F)cccc1F. The van der Waals surface area contributed by atoms with Gasteiger partial charge in [0.1, 0.15) is 34.6 Å². The molecule has 0 aliphatic carbocycles. The van der Waals surface area contributed by atoms with Crippen LogP contribution in [0, 0.1) is 23.3 Å². The quantitative estimate of drug-likeness (QED) is 0.415. The second-order valence-electron chi connectivity index (χ2n) is 7.04. The first-order valence-electron chi connectivity index (χ1n) is 9.40. The van der Waals surface area contributed by atoms with Crippen LogP contribution in [-0.4, -0.2) is 22.5 Å². The Bertz CT molecular complexity index is 1280. The lowest BCUT2D eigenvalue weighted by atomic mass is 10.1. The zero-order valence-electron chi connectivity index (χ0n) is 16.7. The summed E-state index contributed by atoms with van der Waals surface area (Å²) in [6.45, 7) is 1.01. The highest BCUT2D eigenvalue weighted by Crippen LogP contribution is 2.34. The van der Waals surface area contributed by atoms with Gasteiger partial charge in [-0.2, -0.15) is 0 Å². The molecule has 0 atom stereocenters. The summed E-state index contributed by atoms with van der Waals surface area (Å²) in [4.78, 5) is 17.7. The third-order valence-corrected chi connectivity index (χ3v) is 5.16. The average molecular weight is 427 g/mol. The summed E-state index contributed by atoms with van der Waals surface area (Å²) in [6.07, 6.45) is 0. The minimum absolute atomic E-state index is 0.141. The number of hydrogen-bond acceptors (Lipinski definition) is 2. The molecule has 158 valence electrons. The number of carbonyl (C=O) groups is 1. The van der Waals surface area contributed by atoms with Gasteiger partial charge in [0.05, 0.1) is 23.3 Å². The highest BCUT2D eigenvalue weighted by molar-refractivity contribution is 6.01. The van der Waals surface area contributed by atoms with Crippen molar-refractivity contribution in [1.29, 1.82) is 0 Å². The van der Waals surface area contributed by atoms with Crippen molar-refractivity contribution >= 4 is 22.6 Å². The highest BCUT2D eigenvalue weighted by Gasteiger charge is 2.24. The third kappa shape index (κ3) is 3.54. The molecule has 0 radical (unpaired) electrons. The first-order chi connectivity index (χ1) is 14.8. The number of nitrogens with zero attached hydrogens (tertiary/aromatic N) is 3. The predicted molar refractivity (Wildman–Crippen MR) is 110 cm³/mol. The normalized spacial score (nSPS) is 11.2. The van der Waals surface area contributed by atoms with Crippen molar-refractivity contribution in [2.24, 2.45) is 0 Å². The van der Waals surface area contributed by atoms with Crippen molar-refractivity contribution in [3.05, 3.63) is 83.4 Å². The van der Waals surface area contributed by atoms with Crippen LogP contribution < -0.4 is 4.90 Å². The van der Waals surface area contributed by atoms with Crippen LogP contribution in [0.2, 0.25) is 0 Å². The Labute approximate surface area is 175 Å². The molecule has 4 aromatic rings. The fourth-order valence-corrected chi connectivity index (χ4v) is 3.48. The first kappa shape index (κ1) is 20.6. The fourth-order valence-electron chi connectivity index (χ4n) is 3.48. The van der Waals surface area contributed by atoms with E-state index >= 15 is 0 Å². The maximum atomic E-state index is 14.6. The summed E-state index contributed by atoms with van der Waals surface area (Å²) >= 11 is 0. The molecule has 0 aliphatic rings. The number of halogens is 4. The number of benzene rings is 3. The number of hydrogen-bond donors (Lipinski definition) is 0. The lowest BCUT2D eigenvalue weighted by molar-refractivity contribution is -0.116. The molecule has 1 amide bonds. The van der Waals surface area contributed by atoms with Crippen molar-refractivity contribution in [2.45, 2.75) is 13.5 Å². The molecule has 1 heterocycles. The van der Waals surface area contributed by atoms with Crippen LogP contribution in [0.5, 0.6) is 0 Å². The Hall–Kier alpha value is -3.68. The van der Waals surface area contributed by atoms with E-state index in [1.165, 1.54) is 35.6 Å². The minimum atomic E-state index is -0.868. The molecule has 0 bridgehead atoms. The van der Waals surface area contributed by atoms with Crippen LogP contribution in [-0.2, 0) is 11.3 Å². The van der Waals surface area contributed by atoms with Gasteiger partial charge in [0.15, 0.2) is 0 Å². The number of para-hydroxylation sites is 1. The van der Waals surface area contributed by atoms with Crippen LogP contribution in [0.25, 0.3) is 22.4 Å². The Morgan fingerprint density at radius 1 is 0.903 bits per heavy atom. The van der Waals surface area contributed by atoms with Crippen LogP contribution in [0.1, 0.15) is 12.5 Å². The summed E-state index contributed by atoms with van der Waals surface area (Å²) < 4.78 is 59.3. The highest BCUT2D eigenvalue weighted by atomic mass is 19.1. The maximum Gasteiger partial charge on any atom is 0.223 e. The van der Waals surface area contributed by atoms with E-state index in [-0.39, 0.29) is 29.4 Å². The molecular formula is C23H17F4N3O. The molecule has 0 N–H and O–H groups in total. The predicted octanol–water partition coefficient (Wildman–Crippen LogP) is 5.29. The van der Waals surface area contributed by atoms with Crippen LogP contribution in [0.15, 0.2) is 54.6 Å². The van der Waals surface area contributed by atoms with E-state index in [4.69, 9.17) is 0 Å².